The number of nitrogens with zero attached hydrogens (tertiary/aromatic N) is 3. The summed E-state index contributed by atoms with van der Waals surface area (Å²) in [4.78, 5) is 29.0. The van der Waals surface area contributed by atoms with Crippen molar-refractivity contribution in [3.8, 4) is 0 Å². The molecule has 0 aliphatic heterocycles. The Balaban J connectivity index is 2.12. The summed E-state index contributed by atoms with van der Waals surface area (Å²) in [7, 11) is -1.71. The smallest absolute Gasteiger partial charge is 0.304 e. The molecule has 3 rings (SSSR count). The molecule has 3 aromatic rings. The van der Waals surface area contributed by atoms with Crippen LogP contribution >= 0.6 is 11.6 Å². The first-order valence-corrected chi connectivity index (χ1v) is 14.5. The molecule has 8 nitrogen and oxygen atoms in total. The van der Waals surface area contributed by atoms with Crippen molar-refractivity contribution in [3.05, 3.63) is 101 Å². The van der Waals surface area contributed by atoms with Crippen LogP contribution in [0.4, 0.5) is 10.1 Å². The highest BCUT2D eigenvalue weighted by atomic mass is 35.5. The Morgan fingerprint density at radius 3 is 2.12 bits per heavy atom. The highest BCUT2D eigenvalue weighted by molar-refractivity contribution is 7.90. The number of hydrogen-bond donors (Lipinski definition) is 1. The van der Waals surface area contributed by atoms with Gasteiger partial charge in [0.2, 0.25) is 11.8 Å². The molecule has 0 aromatic heterocycles. The van der Waals surface area contributed by atoms with Crippen LogP contribution in [0.1, 0.15) is 25.0 Å². The molecule has 0 aliphatic carbocycles. The van der Waals surface area contributed by atoms with Crippen molar-refractivity contribution in [1.82, 2.24) is 14.5 Å². The number of anilines is 1. The van der Waals surface area contributed by atoms with Crippen molar-refractivity contribution < 1.29 is 22.4 Å². The first-order valence-electron chi connectivity index (χ1n) is 12.7. The molecule has 0 saturated carbocycles. The van der Waals surface area contributed by atoms with Crippen molar-refractivity contribution in [1.29, 1.82) is 0 Å². The van der Waals surface area contributed by atoms with Gasteiger partial charge in [-0.05, 0) is 43.2 Å². The number of benzene rings is 3. The summed E-state index contributed by atoms with van der Waals surface area (Å²) in [5.41, 5.74) is 1.09. The lowest BCUT2D eigenvalue weighted by atomic mass is 10.0. The van der Waals surface area contributed by atoms with Crippen LogP contribution < -0.4 is 9.62 Å². The predicted octanol–water partition coefficient (Wildman–Crippen LogP) is 4.26. The Morgan fingerprint density at radius 2 is 1.52 bits per heavy atom. The standard InChI is InChI=1S/C29H34ClFN4O4S/c1-21(2)32-29(37)27(18-22-12-6-5-7-13-22)34(19-23-14-8-9-15-24(23)30)28(36)20-35(40(38,39)33(3)4)26-17-11-10-16-25(26)31/h5-17,21,27H,18-20H2,1-4H3,(H,32,37)/t27-/m1/s1. The normalized spacial score (nSPS) is 12.3. The lowest BCUT2D eigenvalue weighted by molar-refractivity contribution is -0.140. The summed E-state index contributed by atoms with van der Waals surface area (Å²) in [5, 5.41) is 3.26. The van der Waals surface area contributed by atoms with Gasteiger partial charge in [0.1, 0.15) is 18.4 Å². The van der Waals surface area contributed by atoms with Gasteiger partial charge >= 0.3 is 10.2 Å². The van der Waals surface area contributed by atoms with Gasteiger partial charge in [-0.1, -0.05) is 72.3 Å². The second-order valence-electron chi connectivity index (χ2n) is 9.73. The molecular formula is C29H34ClFN4O4S. The van der Waals surface area contributed by atoms with Crippen LogP contribution in [-0.2, 0) is 32.8 Å². The third-order valence-electron chi connectivity index (χ3n) is 6.14. The largest absolute Gasteiger partial charge is 0.352 e. The van der Waals surface area contributed by atoms with Gasteiger partial charge in [-0.15, -0.1) is 0 Å². The zero-order valence-corrected chi connectivity index (χ0v) is 24.5. The molecule has 0 bridgehead atoms. The summed E-state index contributed by atoms with van der Waals surface area (Å²) in [6.45, 7) is 2.79. The van der Waals surface area contributed by atoms with Crippen molar-refractivity contribution in [2.45, 2.75) is 38.9 Å². The van der Waals surface area contributed by atoms with E-state index in [4.69, 9.17) is 11.6 Å². The number of carbonyl (C=O) groups excluding carboxylic acids is 2. The SMILES string of the molecule is CC(C)NC(=O)[C@@H](Cc1ccccc1)N(Cc1ccccc1Cl)C(=O)CN(c1ccccc1F)S(=O)(=O)N(C)C. The van der Waals surface area contributed by atoms with Crippen molar-refractivity contribution in [2.24, 2.45) is 0 Å². The topological polar surface area (TPSA) is 90.0 Å². The number of hydrogen-bond acceptors (Lipinski definition) is 4. The molecule has 214 valence electrons. The van der Waals surface area contributed by atoms with E-state index >= 15 is 0 Å². The number of carbonyl (C=O) groups is 2. The second kappa shape index (κ2) is 13.7. The first-order chi connectivity index (χ1) is 18.9. The van der Waals surface area contributed by atoms with E-state index < -0.39 is 40.4 Å². The Kier molecular flexibility index (Phi) is 10.7. The minimum Gasteiger partial charge on any atom is -0.352 e. The molecule has 2 amide bonds. The van der Waals surface area contributed by atoms with Gasteiger partial charge < -0.3 is 10.2 Å². The van der Waals surface area contributed by atoms with Gasteiger partial charge in [0, 0.05) is 38.1 Å². The van der Waals surface area contributed by atoms with Gasteiger partial charge in [-0.2, -0.15) is 12.7 Å². The number of amides is 2. The summed E-state index contributed by atoms with van der Waals surface area (Å²) >= 11 is 6.44. The summed E-state index contributed by atoms with van der Waals surface area (Å²) < 4.78 is 43.1. The zero-order chi connectivity index (χ0) is 29.4. The van der Waals surface area contributed by atoms with Gasteiger partial charge in [0.25, 0.3) is 0 Å². The van der Waals surface area contributed by atoms with Gasteiger partial charge in [0.05, 0.1) is 5.69 Å². The Morgan fingerprint density at radius 1 is 0.925 bits per heavy atom. The molecule has 3 aromatic carbocycles. The van der Waals surface area contributed by atoms with Crippen LogP contribution in [0.15, 0.2) is 78.9 Å². The maximum Gasteiger partial charge on any atom is 0.304 e. The monoisotopic (exact) mass is 588 g/mol. The minimum atomic E-state index is -4.30. The number of halogens is 2. The quantitative estimate of drug-likeness (QED) is 0.342. The van der Waals surface area contributed by atoms with Crippen molar-refractivity contribution in [3.63, 3.8) is 0 Å². The van der Waals surface area contributed by atoms with Crippen LogP contribution in [0.25, 0.3) is 0 Å². The van der Waals surface area contributed by atoms with Crippen molar-refractivity contribution in [2.75, 3.05) is 24.9 Å². The molecule has 0 fully saturated rings. The fourth-order valence-corrected chi connectivity index (χ4v) is 5.36. The Labute approximate surface area is 240 Å². The zero-order valence-electron chi connectivity index (χ0n) is 22.9. The lowest BCUT2D eigenvalue weighted by Crippen LogP contribution is -2.55. The maximum atomic E-state index is 14.9. The second-order valence-corrected chi connectivity index (χ2v) is 12.2. The van der Waals surface area contributed by atoms with Crippen LogP contribution in [0.3, 0.4) is 0 Å². The van der Waals surface area contributed by atoms with Crippen LogP contribution in [0.2, 0.25) is 5.02 Å². The summed E-state index contributed by atoms with van der Waals surface area (Å²) in [6.07, 6.45) is 0.162. The van der Waals surface area contributed by atoms with E-state index in [9.17, 15) is 22.4 Å². The number of nitrogens with one attached hydrogen (secondary N) is 1. The fourth-order valence-electron chi connectivity index (χ4n) is 4.10. The third kappa shape index (κ3) is 7.80. The molecule has 0 saturated heterocycles. The molecule has 1 N–H and O–H groups in total. The molecule has 40 heavy (non-hydrogen) atoms. The molecule has 11 heteroatoms. The number of rotatable bonds is 12. The average molecular weight is 589 g/mol. The van der Waals surface area contributed by atoms with E-state index in [1.54, 1.807) is 38.1 Å². The molecule has 0 heterocycles. The van der Waals surface area contributed by atoms with Crippen LogP contribution in [0, 0.1) is 5.82 Å². The van der Waals surface area contributed by atoms with E-state index in [1.807, 2.05) is 30.3 Å². The van der Waals surface area contributed by atoms with Crippen LogP contribution in [0.5, 0.6) is 0 Å². The Hall–Kier alpha value is -3.47. The lowest BCUT2D eigenvalue weighted by Gasteiger charge is -2.35. The summed E-state index contributed by atoms with van der Waals surface area (Å²) in [6, 6.07) is 20.2. The number of para-hydroxylation sites is 1. The van der Waals surface area contributed by atoms with Gasteiger partial charge in [0.15, 0.2) is 0 Å². The molecule has 0 aliphatic rings. The first kappa shape index (κ1) is 31.1. The fraction of sp³-hybridized carbons (Fsp3) is 0.310. The molecule has 0 radical (unpaired) electrons. The Bertz CT molecular complexity index is 1420. The molecule has 1 atom stereocenters. The predicted molar refractivity (Wildman–Crippen MR) is 156 cm³/mol. The van der Waals surface area contributed by atoms with Crippen molar-refractivity contribution >= 4 is 39.3 Å². The molecular weight excluding hydrogens is 555 g/mol. The third-order valence-corrected chi connectivity index (χ3v) is 8.31. The average Bonchev–Trinajstić information content (AvgIpc) is 2.90. The molecule has 0 spiro atoms. The van der Waals surface area contributed by atoms with Crippen LogP contribution in [-0.4, -0.2) is 62.2 Å². The van der Waals surface area contributed by atoms with Gasteiger partial charge in [-0.25, -0.2) is 8.70 Å². The molecule has 0 unspecified atom stereocenters. The van der Waals surface area contributed by atoms with E-state index in [0.717, 1.165) is 15.9 Å². The van der Waals surface area contributed by atoms with E-state index in [2.05, 4.69) is 5.32 Å². The highest BCUT2D eigenvalue weighted by Crippen LogP contribution is 2.25. The summed E-state index contributed by atoms with van der Waals surface area (Å²) in [5.74, 6) is -1.92. The highest BCUT2D eigenvalue weighted by Gasteiger charge is 2.35. The van der Waals surface area contributed by atoms with E-state index in [1.165, 1.54) is 37.2 Å². The van der Waals surface area contributed by atoms with E-state index in [-0.39, 0.29) is 24.7 Å². The minimum absolute atomic E-state index is 0.0748. The van der Waals surface area contributed by atoms with E-state index in [0.29, 0.717) is 14.9 Å². The van der Waals surface area contributed by atoms with Gasteiger partial charge in [-0.3, -0.25) is 9.59 Å². The maximum absolute atomic E-state index is 14.9.